The number of unbranched alkanes of at least 4 members (excludes halogenated alkanes) is 2. The molecular formula is C31H34ClF2NO6S. The van der Waals surface area contributed by atoms with Gasteiger partial charge in [0.2, 0.25) is 0 Å². The molecule has 2 aromatic carbocycles. The molecule has 0 aliphatic heterocycles. The molecule has 0 atom stereocenters. The van der Waals surface area contributed by atoms with Gasteiger partial charge in [0, 0.05) is 21.6 Å². The number of imide groups is 1. The first-order valence-electron chi connectivity index (χ1n) is 14.0. The lowest BCUT2D eigenvalue weighted by Gasteiger charge is -2.26. The maximum absolute atomic E-state index is 15.5. The summed E-state index contributed by atoms with van der Waals surface area (Å²) in [5.74, 6) is -4.91. The predicted octanol–water partition coefficient (Wildman–Crippen LogP) is 7.44. The number of carbonyl (C=O) groups is 4. The number of hydrogen-bond donors (Lipinski definition) is 0. The minimum absolute atomic E-state index is 0.0368. The minimum Gasteiger partial charge on any atom is -0.465 e. The Balaban J connectivity index is 2.05. The fourth-order valence-electron chi connectivity index (χ4n) is 4.27. The van der Waals surface area contributed by atoms with Gasteiger partial charge in [0.25, 0.3) is 11.8 Å². The molecule has 0 heterocycles. The molecule has 0 radical (unpaired) electrons. The number of anilines is 1. The average molecular weight is 622 g/mol. The van der Waals surface area contributed by atoms with Crippen LogP contribution in [0.2, 0.25) is 5.02 Å². The van der Waals surface area contributed by atoms with Crippen molar-refractivity contribution >= 4 is 52.8 Å². The summed E-state index contributed by atoms with van der Waals surface area (Å²) < 4.78 is 40.1. The molecule has 0 unspecified atom stereocenters. The van der Waals surface area contributed by atoms with Gasteiger partial charge in [0.05, 0.1) is 29.7 Å². The van der Waals surface area contributed by atoms with Crippen LogP contribution < -0.4 is 4.90 Å². The van der Waals surface area contributed by atoms with E-state index in [0.717, 1.165) is 42.8 Å². The summed E-state index contributed by atoms with van der Waals surface area (Å²) in [5.41, 5.74) is -0.471. The predicted molar refractivity (Wildman–Crippen MR) is 158 cm³/mol. The molecule has 0 aromatic heterocycles. The second-order valence-electron chi connectivity index (χ2n) is 9.71. The second-order valence-corrected chi connectivity index (χ2v) is 11.1. The van der Waals surface area contributed by atoms with Gasteiger partial charge in [-0.25, -0.2) is 18.5 Å². The van der Waals surface area contributed by atoms with Crippen molar-refractivity contribution in [3.63, 3.8) is 0 Å². The fraction of sp³-hybridized carbons (Fsp3) is 0.419. The first kappa shape index (κ1) is 33.3. The van der Waals surface area contributed by atoms with Crippen LogP contribution in [0.3, 0.4) is 0 Å². The molecule has 3 rings (SSSR count). The summed E-state index contributed by atoms with van der Waals surface area (Å²) in [4.78, 5) is 53.7. The van der Waals surface area contributed by atoms with Crippen molar-refractivity contribution in [3.8, 4) is 0 Å². The van der Waals surface area contributed by atoms with Crippen LogP contribution in [0.1, 0.15) is 75.6 Å². The lowest BCUT2D eigenvalue weighted by Crippen LogP contribution is -2.40. The van der Waals surface area contributed by atoms with Gasteiger partial charge in [0.15, 0.2) is 0 Å². The topological polar surface area (TPSA) is 90.0 Å². The number of esters is 2. The van der Waals surface area contributed by atoms with Crippen LogP contribution in [0.5, 0.6) is 0 Å². The Hall–Kier alpha value is -3.24. The van der Waals surface area contributed by atoms with E-state index in [-0.39, 0.29) is 58.4 Å². The number of amides is 2. The number of rotatable bonds is 13. The summed E-state index contributed by atoms with van der Waals surface area (Å²) in [6.07, 6.45) is 4.65. The third kappa shape index (κ3) is 8.88. The van der Waals surface area contributed by atoms with E-state index in [2.05, 4.69) is 0 Å². The molecule has 226 valence electrons. The zero-order valence-corrected chi connectivity index (χ0v) is 25.3. The molecule has 11 heteroatoms. The van der Waals surface area contributed by atoms with Crippen molar-refractivity contribution in [3.05, 3.63) is 69.8 Å². The van der Waals surface area contributed by atoms with Crippen molar-refractivity contribution in [2.75, 3.05) is 23.9 Å². The van der Waals surface area contributed by atoms with Gasteiger partial charge < -0.3 is 9.47 Å². The highest BCUT2D eigenvalue weighted by Gasteiger charge is 2.34. The van der Waals surface area contributed by atoms with Crippen LogP contribution in [0.25, 0.3) is 0 Å². The van der Waals surface area contributed by atoms with Gasteiger partial charge in [-0.3, -0.25) is 14.4 Å². The van der Waals surface area contributed by atoms with Crippen LogP contribution >= 0.6 is 23.4 Å². The summed E-state index contributed by atoms with van der Waals surface area (Å²) in [7, 11) is 0. The van der Waals surface area contributed by atoms with Crippen molar-refractivity contribution in [2.24, 2.45) is 0 Å². The largest absolute Gasteiger partial charge is 0.465 e. The molecule has 0 saturated heterocycles. The molecule has 0 fully saturated rings. The van der Waals surface area contributed by atoms with Gasteiger partial charge in [-0.2, -0.15) is 0 Å². The zero-order valence-electron chi connectivity index (χ0n) is 23.7. The Morgan fingerprint density at radius 2 is 1.57 bits per heavy atom. The van der Waals surface area contributed by atoms with E-state index in [1.54, 1.807) is 0 Å². The molecule has 1 aliphatic carbocycles. The zero-order chi connectivity index (χ0) is 30.6. The Morgan fingerprint density at radius 3 is 2.24 bits per heavy atom. The van der Waals surface area contributed by atoms with Crippen LogP contribution in [-0.2, 0) is 23.9 Å². The SMILES string of the molecule is CCCCOC(=O)CSc1cc(N(C(=O)C2=C(C(=O)OCCCC)CCCC2)C(=O)c2cccc(F)c2)c(F)cc1Cl. The van der Waals surface area contributed by atoms with E-state index < -0.39 is 41.1 Å². The number of nitrogens with zero attached hydrogens (tertiary/aromatic N) is 1. The molecule has 0 saturated carbocycles. The Morgan fingerprint density at radius 1 is 0.905 bits per heavy atom. The first-order valence-corrected chi connectivity index (χ1v) is 15.3. The highest BCUT2D eigenvalue weighted by atomic mass is 35.5. The average Bonchev–Trinajstić information content (AvgIpc) is 2.97. The Kier molecular flexibility index (Phi) is 13.0. The van der Waals surface area contributed by atoms with Crippen LogP contribution in [0.15, 0.2) is 52.4 Å². The van der Waals surface area contributed by atoms with Crippen molar-refractivity contribution in [2.45, 2.75) is 70.1 Å². The lowest BCUT2D eigenvalue weighted by atomic mass is 9.90. The minimum atomic E-state index is -0.993. The molecule has 1 aliphatic rings. The molecule has 7 nitrogen and oxygen atoms in total. The molecule has 0 N–H and O–H groups in total. The van der Waals surface area contributed by atoms with Gasteiger partial charge in [0.1, 0.15) is 11.6 Å². The van der Waals surface area contributed by atoms with Crippen LogP contribution in [0, 0.1) is 11.6 Å². The van der Waals surface area contributed by atoms with E-state index in [1.807, 2.05) is 13.8 Å². The van der Waals surface area contributed by atoms with E-state index in [0.29, 0.717) is 30.6 Å². The van der Waals surface area contributed by atoms with Crippen molar-refractivity contribution in [1.29, 1.82) is 0 Å². The second kappa shape index (κ2) is 16.4. The summed E-state index contributed by atoms with van der Waals surface area (Å²) in [6.45, 7) is 4.35. The third-order valence-corrected chi connectivity index (χ3v) is 7.98. The smallest absolute Gasteiger partial charge is 0.334 e. The normalized spacial score (nSPS) is 13.1. The van der Waals surface area contributed by atoms with Crippen LogP contribution in [0.4, 0.5) is 14.5 Å². The lowest BCUT2D eigenvalue weighted by molar-refractivity contribution is -0.141. The number of halogens is 3. The van der Waals surface area contributed by atoms with Gasteiger partial charge in [-0.1, -0.05) is 44.4 Å². The third-order valence-electron chi connectivity index (χ3n) is 6.53. The number of carbonyl (C=O) groups excluding carboxylic acids is 4. The molecular weight excluding hydrogens is 588 g/mol. The number of ether oxygens (including phenoxy) is 2. The summed E-state index contributed by atoms with van der Waals surface area (Å²) in [6, 6.07) is 6.80. The fourth-order valence-corrected chi connectivity index (χ4v) is 5.33. The van der Waals surface area contributed by atoms with E-state index in [1.165, 1.54) is 18.2 Å². The summed E-state index contributed by atoms with van der Waals surface area (Å²) in [5, 5.41) is -0.0368. The quantitative estimate of drug-likeness (QED) is 0.0993. The van der Waals surface area contributed by atoms with Gasteiger partial charge in [-0.05, 0) is 68.9 Å². The molecule has 2 aromatic rings. The highest BCUT2D eigenvalue weighted by molar-refractivity contribution is 8.00. The van der Waals surface area contributed by atoms with Crippen molar-refractivity contribution in [1.82, 2.24) is 0 Å². The number of benzene rings is 2. The van der Waals surface area contributed by atoms with Gasteiger partial charge in [-0.15, -0.1) is 11.8 Å². The van der Waals surface area contributed by atoms with E-state index in [9.17, 15) is 23.6 Å². The number of hydrogen-bond acceptors (Lipinski definition) is 7. The molecule has 42 heavy (non-hydrogen) atoms. The Bertz CT molecular complexity index is 1350. The van der Waals surface area contributed by atoms with Crippen molar-refractivity contribution < 1.29 is 37.4 Å². The highest BCUT2D eigenvalue weighted by Crippen LogP contribution is 2.36. The first-order chi connectivity index (χ1) is 20.2. The number of thioether (sulfide) groups is 1. The Labute approximate surface area is 253 Å². The summed E-state index contributed by atoms with van der Waals surface area (Å²) >= 11 is 7.22. The van der Waals surface area contributed by atoms with E-state index >= 15 is 4.39 Å². The molecule has 0 bridgehead atoms. The monoisotopic (exact) mass is 621 g/mol. The molecule has 2 amide bonds. The van der Waals surface area contributed by atoms with Crippen LogP contribution in [-0.4, -0.2) is 42.7 Å². The van der Waals surface area contributed by atoms with E-state index in [4.69, 9.17) is 21.1 Å². The van der Waals surface area contributed by atoms with Gasteiger partial charge >= 0.3 is 11.9 Å². The molecule has 0 spiro atoms. The maximum atomic E-state index is 15.5. The maximum Gasteiger partial charge on any atom is 0.334 e. The standard InChI is InChI=1S/C31H34ClF2NO6S/c1-3-5-14-40-28(36)19-42-27-18-26(25(34)17-24(27)32)35(29(37)20-10-9-11-21(33)16-20)30(38)22-12-7-8-13-23(22)31(39)41-15-6-4-2/h9-11,16-18H,3-8,12-15,19H2,1-2H3.